The summed E-state index contributed by atoms with van der Waals surface area (Å²) in [5.41, 5.74) is 1.41. The van der Waals surface area contributed by atoms with E-state index in [2.05, 4.69) is 25.9 Å². The van der Waals surface area contributed by atoms with Crippen LogP contribution in [-0.2, 0) is 17.1 Å². The molecule has 2 saturated heterocycles. The third kappa shape index (κ3) is 5.24. The second kappa shape index (κ2) is 8.86. The predicted molar refractivity (Wildman–Crippen MR) is 106 cm³/mol. The molecule has 3 N–H and O–H groups in total. The van der Waals surface area contributed by atoms with E-state index in [-0.39, 0.29) is 6.07 Å². The van der Waals surface area contributed by atoms with Gasteiger partial charge in [0, 0.05) is 31.9 Å². The lowest BCUT2D eigenvalue weighted by Gasteiger charge is -2.40. The van der Waals surface area contributed by atoms with Crippen LogP contribution >= 0.6 is 0 Å². The van der Waals surface area contributed by atoms with Crippen molar-refractivity contribution in [2.24, 2.45) is 0 Å². The molecule has 0 bridgehead atoms. The molecule has 0 saturated carbocycles. The fraction of sp³-hybridized carbons (Fsp3) is 0.500. The Labute approximate surface area is 185 Å². The van der Waals surface area contributed by atoms with Gasteiger partial charge in [0.2, 0.25) is 0 Å². The highest BCUT2D eigenvalue weighted by atomic mass is 19.4. The average molecular weight is 476 g/mol. The zero-order valence-corrected chi connectivity index (χ0v) is 17.3. The van der Waals surface area contributed by atoms with Gasteiger partial charge in [-0.1, -0.05) is 0 Å². The normalized spacial score (nSPS) is 21.0. The van der Waals surface area contributed by atoms with Crippen molar-refractivity contribution >= 4 is 11.6 Å². The molecule has 0 spiro atoms. The van der Waals surface area contributed by atoms with Crippen molar-refractivity contribution in [1.82, 2.24) is 25.4 Å². The number of piperazine rings is 1. The van der Waals surface area contributed by atoms with E-state index in [1.54, 1.807) is 6.07 Å². The summed E-state index contributed by atoms with van der Waals surface area (Å²) in [4.78, 5) is 17.3. The largest absolute Gasteiger partial charge is 0.416 e. The van der Waals surface area contributed by atoms with Crippen LogP contribution in [0.3, 0.4) is 0 Å². The molecule has 2 aliphatic heterocycles. The zero-order valence-electron chi connectivity index (χ0n) is 17.3. The smallest absolute Gasteiger partial charge is 0.299 e. The number of nitrogens with one attached hydrogen (secondary N) is 3. The maximum atomic E-state index is 13.1. The van der Waals surface area contributed by atoms with Gasteiger partial charge in [-0.2, -0.15) is 31.4 Å². The quantitative estimate of drug-likeness (QED) is 0.456. The number of amides is 1. The van der Waals surface area contributed by atoms with Crippen molar-refractivity contribution < 1.29 is 31.1 Å². The molecule has 4 rings (SSSR count). The van der Waals surface area contributed by atoms with Gasteiger partial charge in [-0.15, -0.1) is 0 Å². The first-order valence-electron chi connectivity index (χ1n) is 10.4. The SMILES string of the molecule is O=C(NNc1cc(C(F)(F)F)cc(C(F)(F)F)c1)C(c1cc[nH]n1)N1CCN2CCC[C@@H]2C1. The Morgan fingerprint density at radius 1 is 1.06 bits per heavy atom. The summed E-state index contributed by atoms with van der Waals surface area (Å²) in [7, 11) is 0. The molecule has 2 aromatic rings. The molecule has 1 amide bonds. The van der Waals surface area contributed by atoms with Crippen LogP contribution in [0.1, 0.15) is 35.7 Å². The Hall–Kier alpha value is -2.80. The van der Waals surface area contributed by atoms with Crippen LogP contribution in [0.25, 0.3) is 0 Å². The Kier molecular flexibility index (Phi) is 6.27. The van der Waals surface area contributed by atoms with E-state index < -0.39 is 41.1 Å². The summed E-state index contributed by atoms with van der Waals surface area (Å²) in [6.07, 6.45) is -6.37. The minimum Gasteiger partial charge on any atom is -0.299 e. The Balaban J connectivity index is 1.53. The van der Waals surface area contributed by atoms with Gasteiger partial charge in [-0.05, 0) is 43.7 Å². The maximum absolute atomic E-state index is 13.1. The number of carbonyl (C=O) groups is 1. The third-order valence-electron chi connectivity index (χ3n) is 5.95. The van der Waals surface area contributed by atoms with Crippen molar-refractivity contribution in [3.05, 3.63) is 47.3 Å². The van der Waals surface area contributed by atoms with Gasteiger partial charge in [0.15, 0.2) is 0 Å². The van der Waals surface area contributed by atoms with Crippen LogP contribution in [0.2, 0.25) is 0 Å². The zero-order chi connectivity index (χ0) is 23.8. The minimum atomic E-state index is -4.99. The van der Waals surface area contributed by atoms with Gasteiger partial charge in [0.1, 0.15) is 6.04 Å². The van der Waals surface area contributed by atoms with Crippen molar-refractivity contribution in [1.29, 1.82) is 0 Å². The first-order valence-corrected chi connectivity index (χ1v) is 10.4. The first-order chi connectivity index (χ1) is 15.5. The highest BCUT2D eigenvalue weighted by Crippen LogP contribution is 2.37. The second-order valence-electron chi connectivity index (χ2n) is 8.14. The molecule has 7 nitrogen and oxygen atoms in total. The molecule has 0 radical (unpaired) electrons. The lowest BCUT2D eigenvalue weighted by molar-refractivity contribution is -0.143. The van der Waals surface area contributed by atoms with Crippen LogP contribution in [0.5, 0.6) is 0 Å². The molecular weight excluding hydrogens is 454 g/mol. The number of hydrazine groups is 1. The summed E-state index contributed by atoms with van der Waals surface area (Å²) in [5, 5.41) is 6.71. The lowest BCUT2D eigenvalue weighted by Crippen LogP contribution is -2.54. The molecule has 1 aromatic heterocycles. The number of aromatic amines is 1. The fourth-order valence-electron chi connectivity index (χ4n) is 4.39. The summed E-state index contributed by atoms with van der Waals surface area (Å²) in [5.74, 6) is -0.639. The number of hydrogen-bond donors (Lipinski definition) is 3. The Morgan fingerprint density at radius 3 is 2.36 bits per heavy atom. The van der Waals surface area contributed by atoms with Gasteiger partial charge in [-0.25, -0.2) is 0 Å². The minimum absolute atomic E-state index is 0.0284. The van der Waals surface area contributed by atoms with Crippen LogP contribution < -0.4 is 10.9 Å². The van der Waals surface area contributed by atoms with E-state index in [0.29, 0.717) is 37.0 Å². The molecule has 2 fully saturated rings. The van der Waals surface area contributed by atoms with Crippen LogP contribution in [-0.4, -0.2) is 58.1 Å². The third-order valence-corrected chi connectivity index (χ3v) is 5.95. The molecule has 1 aromatic carbocycles. The monoisotopic (exact) mass is 476 g/mol. The summed E-state index contributed by atoms with van der Waals surface area (Å²) in [6, 6.07) is 2.09. The van der Waals surface area contributed by atoms with E-state index in [1.807, 2.05) is 4.90 Å². The molecule has 0 aliphatic carbocycles. The van der Waals surface area contributed by atoms with Crippen molar-refractivity contribution in [3.63, 3.8) is 0 Å². The highest BCUT2D eigenvalue weighted by Gasteiger charge is 2.39. The molecular formula is C20H22F6N6O. The fourth-order valence-corrected chi connectivity index (χ4v) is 4.39. The number of anilines is 1. The summed E-state index contributed by atoms with van der Waals surface area (Å²) < 4.78 is 78.6. The molecule has 2 aliphatic rings. The maximum Gasteiger partial charge on any atom is 0.416 e. The number of hydrogen-bond acceptors (Lipinski definition) is 5. The standard InChI is InChI=1S/C20H22F6N6O/c21-19(22,23)12-8-13(20(24,25)26)10-14(9-12)28-30-18(33)17(16-3-4-27-29-16)32-7-6-31-5-1-2-15(31)11-32/h3-4,8-10,15,17,28H,1-2,5-7,11H2,(H,27,29)(H,30,33)/t15-,17?/m1/s1. The number of fused-ring (bicyclic) bond motifs is 1. The first kappa shape index (κ1) is 23.4. The van der Waals surface area contributed by atoms with E-state index in [4.69, 9.17) is 0 Å². The molecule has 2 atom stereocenters. The summed E-state index contributed by atoms with van der Waals surface area (Å²) in [6.45, 7) is 2.93. The van der Waals surface area contributed by atoms with Gasteiger partial charge >= 0.3 is 12.4 Å². The van der Waals surface area contributed by atoms with Gasteiger partial charge in [0.05, 0.1) is 22.5 Å². The predicted octanol–water partition coefficient (Wildman–Crippen LogP) is 3.41. The number of benzene rings is 1. The van der Waals surface area contributed by atoms with Crippen LogP contribution in [0.4, 0.5) is 32.0 Å². The summed E-state index contributed by atoms with van der Waals surface area (Å²) >= 11 is 0. The van der Waals surface area contributed by atoms with Crippen molar-refractivity contribution in [2.45, 2.75) is 37.3 Å². The molecule has 33 heavy (non-hydrogen) atoms. The number of rotatable bonds is 5. The van der Waals surface area contributed by atoms with Crippen LogP contribution in [0, 0.1) is 0 Å². The highest BCUT2D eigenvalue weighted by molar-refractivity contribution is 5.84. The molecule has 180 valence electrons. The lowest BCUT2D eigenvalue weighted by atomic mass is 10.1. The number of carbonyl (C=O) groups excluding carboxylic acids is 1. The Bertz CT molecular complexity index is 944. The number of halogens is 6. The average Bonchev–Trinajstić information content (AvgIpc) is 3.43. The van der Waals surface area contributed by atoms with Gasteiger partial charge in [-0.3, -0.25) is 30.5 Å². The number of H-pyrrole nitrogens is 1. The molecule has 3 heterocycles. The van der Waals surface area contributed by atoms with E-state index in [1.165, 1.54) is 6.20 Å². The van der Waals surface area contributed by atoms with E-state index in [9.17, 15) is 31.1 Å². The topological polar surface area (TPSA) is 76.3 Å². The number of aromatic nitrogens is 2. The second-order valence-corrected chi connectivity index (χ2v) is 8.14. The molecule has 13 heteroatoms. The van der Waals surface area contributed by atoms with E-state index in [0.717, 1.165) is 25.9 Å². The number of nitrogens with zero attached hydrogens (tertiary/aromatic N) is 3. The van der Waals surface area contributed by atoms with Crippen molar-refractivity contribution in [2.75, 3.05) is 31.6 Å². The molecule has 1 unspecified atom stereocenters. The van der Waals surface area contributed by atoms with Gasteiger partial charge in [0.25, 0.3) is 5.91 Å². The van der Waals surface area contributed by atoms with E-state index >= 15 is 0 Å². The van der Waals surface area contributed by atoms with Crippen molar-refractivity contribution in [3.8, 4) is 0 Å². The van der Waals surface area contributed by atoms with Gasteiger partial charge < -0.3 is 0 Å². The number of alkyl halides is 6. The Morgan fingerprint density at radius 2 is 1.76 bits per heavy atom. The van der Waals surface area contributed by atoms with Crippen LogP contribution in [0.15, 0.2) is 30.5 Å².